The highest BCUT2D eigenvalue weighted by Gasteiger charge is 2.11. The molecule has 2 aromatic heterocycles. The second-order valence-electron chi connectivity index (χ2n) is 6.10. The van der Waals surface area contributed by atoms with Crippen molar-refractivity contribution in [2.45, 2.75) is 13.8 Å². The first-order chi connectivity index (χ1) is 12.5. The molecule has 7 heteroatoms. The number of halogens is 2. The topological polar surface area (TPSA) is 66.5 Å². The molecule has 0 radical (unpaired) electrons. The number of hydrogen-bond donors (Lipinski definition) is 2. The lowest BCUT2D eigenvalue weighted by Crippen LogP contribution is -2.01. The number of fused-ring (bicyclic) bond motifs is 1. The van der Waals surface area contributed by atoms with Gasteiger partial charge in [-0.2, -0.15) is 5.10 Å². The minimum atomic E-state index is -0.928. The third-order valence-electron chi connectivity index (χ3n) is 4.19. The molecule has 0 spiro atoms. The average Bonchev–Trinajstić information content (AvgIpc) is 3.06. The highest BCUT2D eigenvalue weighted by atomic mass is 19.2. The van der Waals surface area contributed by atoms with E-state index in [-0.39, 0.29) is 0 Å². The van der Waals surface area contributed by atoms with Crippen molar-refractivity contribution in [3.63, 3.8) is 0 Å². The second kappa shape index (κ2) is 6.18. The van der Waals surface area contributed by atoms with Crippen molar-refractivity contribution in [1.82, 2.24) is 20.2 Å². The van der Waals surface area contributed by atoms with Crippen LogP contribution < -0.4 is 5.32 Å². The van der Waals surface area contributed by atoms with Crippen LogP contribution in [0.15, 0.2) is 42.7 Å². The molecular formula is C19H15F2N5. The van der Waals surface area contributed by atoms with E-state index in [9.17, 15) is 8.78 Å². The molecule has 0 atom stereocenters. The van der Waals surface area contributed by atoms with Crippen molar-refractivity contribution in [2.24, 2.45) is 0 Å². The first-order valence-electron chi connectivity index (χ1n) is 8.01. The van der Waals surface area contributed by atoms with Crippen LogP contribution >= 0.6 is 0 Å². The van der Waals surface area contributed by atoms with Crippen LogP contribution in [0.2, 0.25) is 0 Å². The lowest BCUT2D eigenvalue weighted by molar-refractivity contribution is 0.509. The van der Waals surface area contributed by atoms with Gasteiger partial charge in [0.05, 0.1) is 11.7 Å². The van der Waals surface area contributed by atoms with Crippen LogP contribution in [0.25, 0.3) is 22.3 Å². The summed E-state index contributed by atoms with van der Waals surface area (Å²) < 4.78 is 26.7. The zero-order valence-electron chi connectivity index (χ0n) is 14.1. The lowest BCUT2D eigenvalue weighted by atomic mass is 10.1. The van der Waals surface area contributed by atoms with Gasteiger partial charge >= 0.3 is 0 Å². The molecule has 26 heavy (non-hydrogen) atoms. The van der Waals surface area contributed by atoms with Gasteiger partial charge in [0, 0.05) is 28.4 Å². The summed E-state index contributed by atoms with van der Waals surface area (Å²) in [5.41, 5.74) is 4.11. The maximum absolute atomic E-state index is 13.5. The number of aromatic amines is 1. The largest absolute Gasteiger partial charge is 0.340 e. The van der Waals surface area contributed by atoms with Gasteiger partial charge < -0.3 is 5.32 Å². The smallest absolute Gasteiger partial charge is 0.161 e. The monoisotopic (exact) mass is 351 g/mol. The van der Waals surface area contributed by atoms with E-state index < -0.39 is 11.6 Å². The van der Waals surface area contributed by atoms with E-state index in [1.807, 2.05) is 26.0 Å². The number of aromatic nitrogens is 4. The summed E-state index contributed by atoms with van der Waals surface area (Å²) in [5, 5.41) is 11.2. The van der Waals surface area contributed by atoms with Gasteiger partial charge in [-0.3, -0.25) is 5.10 Å². The van der Waals surface area contributed by atoms with E-state index >= 15 is 0 Å². The molecule has 0 amide bonds. The van der Waals surface area contributed by atoms with Crippen LogP contribution in [-0.4, -0.2) is 20.2 Å². The fraction of sp³-hybridized carbons (Fsp3) is 0.105. The van der Waals surface area contributed by atoms with E-state index in [0.29, 0.717) is 17.2 Å². The Labute approximate surface area is 148 Å². The maximum atomic E-state index is 13.5. The van der Waals surface area contributed by atoms with Crippen molar-refractivity contribution in [2.75, 3.05) is 5.32 Å². The first kappa shape index (κ1) is 16.1. The quantitative estimate of drug-likeness (QED) is 0.563. The van der Waals surface area contributed by atoms with Gasteiger partial charge in [-0.1, -0.05) is 0 Å². The van der Waals surface area contributed by atoms with Crippen molar-refractivity contribution in [3.8, 4) is 11.4 Å². The molecule has 0 saturated heterocycles. The van der Waals surface area contributed by atoms with Crippen LogP contribution in [0.4, 0.5) is 20.3 Å². The molecule has 4 rings (SSSR count). The van der Waals surface area contributed by atoms with Crippen molar-refractivity contribution in [3.05, 3.63) is 65.5 Å². The summed E-state index contributed by atoms with van der Waals surface area (Å²) in [7, 11) is 0. The minimum Gasteiger partial charge on any atom is -0.340 e. The number of aryl methyl sites for hydroxylation is 2. The van der Waals surface area contributed by atoms with Crippen LogP contribution in [-0.2, 0) is 0 Å². The minimum absolute atomic E-state index is 0.319. The van der Waals surface area contributed by atoms with Gasteiger partial charge in [-0.05, 0) is 49.7 Å². The Hall–Kier alpha value is -3.35. The van der Waals surface area contributed by atoms with Crippen molar-refractivity contribution < 1.29 is 8.78 Å². The third kappa shape index (κ3) is 2.88. The summed E-state index contributed by atoms with van der Waals surface area (Å²) >= 11 is 0. The van der Waals surface area contributed by atoms with E-state index in [4.69, 9.17) is 0 Å². The van der Waals surface area contributed by atoms with Crippen molar-refractivity contribution >= 4 is 22.4 Å². The number of nitrogens with zero attached hydrogens (tertiary/aromatic N) is 3. The SMILES string of the molecule is Cc1cc2[nH]ncc2cc1Nc1nc(-c2ccc(F)c(F)c2)ncc1C. The molecule has 0 aliphatic carbocycles. The molecule has 130 valence electrons. The number of benzene rings is 2. The maximum Gasteiger partial charge on any atom is 0.161 e. The predicted molar refractivity (Wildman–Crippen MR) is 96.2 cm³/mol. The molecule has 2 N–H and O–H groups in total. The van der Waals surface area contributed by atoms with Crippen LogP contribution in [0.3, 0.4) is 0 Å². The first-order valence-corrected chi connectivity index (χ1v) is 8.01. The number of rotatable bonds is 3. The molecule has 2 heterocycles. The summed E-state index contributed by atoms with van der Waals surface area (Å²) in [6.45, 7) is 3.86. The van der Waals surface area contributed by atoms with Gasteiger partial charge in [0.15, 0.2) is 17.5 Å². The van der Waals surface area contributed by atoms with E-state index in [1.54, 1.807) is 12.4 Å². The molecule has 0 aliphatic rings. The fourth-order valence-corrected chi connectivity index (χ4v) is 2.70. The molecule has 4 aromatic rings. The van der Waals surface area contributed by atoms with Crippen LogP contribution in [0.1, 0.15) is 11.1 Å². The average molecular weight is 351 g/mol. The Kier molecular flexibility index (Phi) is 3.84. The van der Waals surface area contributed by atoms with E-state index in [0.717, 1.165) is 39.8 Å². The third-order valence-corrected chi connectivity index (χ3v) is 4.19. The Morgan fingerprint density at radius 2 is 1.81 bits per heavy atom. The number of nitrogens with one attached hydrogen (secondary N) is 2. The molecule has 0 unspecified atom stereocenters. The normalized spacial score (nSPS) is 11.1. The molecular weight excluding hydrogens is 336 g/mol. The summed E-state index contributed by atoms with van der Waals surface area (Å²) in [4.78, 5) is 8.71. The van der Waals surface area contributed by atoms with Gasteiger partial charge in [0.25, 0.3) is 0 Å². The summed E-state index contributed by atoms with van der Waals surface area (Å²) in [6.07, 6.45) is 3.40. The summed E-state index contributed by atoms with van der Waals surface area (Å²) in [6, 6.07) is 7.59. The van der Waals surface area contributed by atoms with Crippen molar-refractivity contribution in [1.29, 1.82) is 0 Å². The predicted octanol–water partition coefficient (Wildman–Crippen LogP) is 4.66. The van der Waals surface area contributed by atoms with Crippen LogP contribution in [0, 0.1) is 25.5 Å². The zero-order valence-corrected chi connectivity index (χ0v) is 14.1. The van der Waals surface area contributed by atoms with Gasteiger partial charge in [0.1, 0.15) is 5.82 Å². The Morgan fingerprint density at radius 3 is 2.62 bits per heavy atom. The highest BCUT2D eigenvalue weighted by molar-refractivity contribution is 5.84. The lowest BCUT2D eigenvalue weighted by Gasteiger charge is -2.12. The fourth-order valence-electron chi connectivity index (χ4n) is 2.70. The van der Waals surface area contributed by atoms with Gasteiger partial charge in [-0.15, -0.1) is 0 Å². The Balaban J connectivity index is 1.73. The van der Waals surface area contributed by atoms with Crippen LogP contribution in [0.5, 0.6) is 0 Å². The summed E-state index contributed by atoms with van der Waals surface area (Å²) in [5.74, 6) is -0.907. The van der Waals surface area contributed by atoms with E-state index in [1.165, 1.54) is 6.07 Å². The molecule has 0 bridgehead atoms. The molecule has 0 fully saturated rings. The van der Waals surface area contributed by atoms with Gasteiger partial charge in [-0.25, -0.2) is 18.7 Å². The highest BCUT2D eigenvalue weighted by Crippen LogP contribution is 2.27. The standard InChI is InChI=1S/C19H15F2N5/c1-10-5-17-13(9-23-26-17)7-16(10)24-18-11(2)8-22-19(25-18)12-3-4-14(20)15(21)6-12/h3-9H,1-2H3,(H,23,26)(H,22,24,25). The molecule has 5 nitrogen and oxygen atoms in total. The molecule has 0 saturated carbocycles. The van der Waals surface area contributed by atoms with Gasteiger partial charge in [0.2, 0.25) is 0 Å². The second-order valence-corrected chi connectivity index (χ2v) is 6.10. The molecule has 0 aliphatic heterocycles. The van der Waals surface area contributed by atoms with E-state index in [2.05, 4.69) is 25.5 Å². The zero-order chi connectivity index (χ0) is 18.3. The number of anilines is 2. The Morgan fingerprint density at radius 1 is 0.962 bits per heavy atom. The Bertz CT molecular complexity index is 1120. The number of hydrogen-bond acceptors (Lipinski definition) is 4. The molecule has 2 aromatic carbocycles. The number of H-pyrrole nitrogens is 1.